The van der Waals surface area contributed by atoms with Gasteiger partial charge >= 0.3 is 5.63 Å². The minimum absolute atomic E-state index is 0.0673. The Morgan fingerprint density at radius 3 is 2.65 bits per heavy atom. The van der Waals surface area contributed by atoms with Crippen molar-refractivity contribution < 1.29 is 9.21 Å². The Hall–Kier alpha value is -1.62. The molecule has 1 aromatic heterocycles. The Balaban J connectivity index is 2.08. The summed E-state index contributed by atoms with van der Waals surface area (Å²) in [6, 6.07) is 2.95. The lowest BCUT2D eigenvalue weighted by Crippen LogP contribution is -2.43. The Kier molecular flexibility index (Phi) is 4.95. The van der Waals surface area contributed by atoms with E-state index in [2.05, 4.69) is 5.32 Å². The van der Waals surface area contributed by atoms with E-state index in [1.54, 1.807) is 0 Å². The first-order valence-electron chi connectivity index (χ1n) is 7.18. The molecule has 0 unspecified atom stereocenters. The zero-order valence-corrected chi connectivity index (χ0v) is 12.1. The summed E-state index contributed by atoms with van der Waals surface area (Å²) in [5, 5.41) is 3.33. The number of amides is 1. The second-order valence-electron chi connectivity index (χ2n) is 5.59. The van der Waals surface area contributed by atoms with E-state index >= 15 is 0 Å². The largest absolute Gasteiger partial charge is 0.430 e. The van der Waals surface area contributed by atoms with Crippen molar-refractivity contribution in [3.63, 3.8) is 0 Å². The van der Waals surface area contributed by atoms with Crippen LogP contribution in [0.3, 0.4) is 0 Å². The Labute approximate surface area is 119 Å². The molecule has 5 heteroatoms. The predicted molar refractivity (Wildman–Crippen MR) is 76.7 cm³/mol. The number of nitrogens with zero attached hydrogens (tertiary/aromatic N) is 1. The SMILES string of the molecule is CC(C)N(CC1CCNCC1)C(=O)c1ccc(=O)oc1. The fraction of sp³-hybridized carbons (Fsp3) is 0.600. The van der Waals surface area contributed by atoms with Crippen LogP contribution < -0.4 is 10.9 Å². The average Bonchev–Trinajstić information content (AvgIpc) is 2.45. The molecule has 0 aliphatic carbocycles. The standard InChI is InChI=1S/C15H22N2O3/c1-11(2)17(9-12-5-7-16-8-6-12)15(19)13-3-4-14(18)20-10-13/h3-4,10-12,16H,5-9H2,1-2H3. The van der Waals surface area contributed by atoms with Crippen LogP contribution in [0.15, 0.2) is 27.6 Å². The highest BCUT2D eigenvalue weighted by Gasteiger charge is 2.24. The topological polar surface area (TPSA) is 62.6 Å². The van der Waals surface area contributed by atoms with Crippen LogP contribution in [0.4, 0.5) is 0 Å². The summed E-state index contributed by atoms with van der Waals surface area (Å²) in [5.41, 5.74) is 0.00300. The molecule has 0 atom stereocenters. The van der Waals surface area contributed by atoms with E-state index in [0.717, 1.165) is 32.5 Å². The van der Waals surface area contributed by atoms with E-state index in [9.17, 15) is 9.59 Å². The van der Waals surface area contributed by atoms with Gasteiger partial charge in [0.15, 0.2) is 0 Å². The van der Waals surface area contributed by atoms with Crippen molar-refractivity contribution in [1.82, 2.24) is 10.2 Å². The van der Waals surface area contributed by atoms with E-state index in [1.807, 2.05) is 18.7 Å². The zero-order chi connectivity index (χ0) is 14.5. The summed E-state index contributed by atoms with van der Waals surface area (Å²) in [6.45, 7) is 6.82. The molecule has 2 rings (SSSR count). The van der Waals surface area contributed by atoms with Gasteiger partial charge in [-0.1, -0.05) is 0 Å². The molecule has 1 aliphatic heterocycles. The monoisotopic (exact) mass is 278 g/mol. The maximum atomic E-state index is 12.5. The van der Waals surface area contributed by atoms with Crippen molar-refractivity contribution in [2.45, 2.75) is 32.7 Å². The Morgan fingerprint density at radius 2 is 2.10 bits per heavy atom. The molecule has 5 nitrogen and oxygen atoms in total. The molecule has 0 aromatic carbocycles. The van der Waals surface area contributed by atoms with Crippen LogP contribution >= 0.6 is 0 Å². The summed E-state index contributed by atoms with van der Waals surface area (Å²) in [4.78, 5) is 25.4. The summed E-state index contributed by atoms with van der Waals surface area (Å²) < 4.78 is 4.79. The molecule has 0 radical (unpaired) electrons. The van der Waals surface area contributed by atoms with Gasteiger partial charge in [-0.3, -0.25) is 4.79 Å². The smallest absolute Gasteiger partial charge is 0.335 e. The summed E-state index contributed by atoms with van der Waals surface area (Å²) in [6.07, 6.45) is 3.45. The van der Waals surface area contributed by atoms with E-state index in [0.29, 0.717) is 11.5 Å². The van der Waals surface area contributed by atoms with Crippen molar-refractivity contribution in [2.24, 2.45) is 5.92 Å². The second kappa shape index (κ2) is 6.70. The molecule has 2 heterocycles. The van der Waals surface area contributed by atoms with Gasteiger partial charge in [-0.25, -0.2) is 4.79 Å². The van der Waals surface area contributed by atoms with Crippen molar-refractivity contribution in [3.8, 4) is 0 Å². The Morgan fingerprint density at radius 1 is 1.40 bits per heavy atom. The van der Waals surface area contributed by atoms with Crippen LogP contribution in [0, 0.1) is 5.92 Å². The molecule has 0 saturated carbocycles. The third kappa shape index (κ3) is 3.70. The van der Waals surface area contributed by atoms with Gasteiger partial charge in [-0.15, -0.1) is 0 Å². The van der Waals surface area contributed by atoms with E-state index in [4.69, 9.17) is 4.42 Å². The van der Waals surface area contributed by atoms with Gasteiger partial charge in [0.2, 0.25) is 0 Å². The molecule has 1 fully saturated rings. The van der Waals surface area contributed by atoms with Gasteiger partial charge in [0.05, 0.1) is 5.56 Å². The number of nitrogens with one attached hydrogen (secondary N) is 1. The normalized spacial score (nSPS) is 16.4. The maximum Gasteiger partial charge on any atom is 0.335 e. The molecular formula is C15H22N2O3. The predicted octanol–water partition coefficient (Wildman–Crippen LogP) is 1.49. The highest BCUT2D eigenvalue weighted by atomic mass is 16.4. The third-order valence-electron chi connectivity index (χ3n) is 3.75. The summed E-state index contributed by atoms with van der Waals surface area (Å²) in [5.74, 6) is 0.473. The molecule has 1 aromatic rings. The third-order valence-corrected chi connectivity index (χ3v) is 3.75. The van der Waals surface area contributed by atoms with Crippen LogP contribution in [0.2, 0.25) is 0 Å². The molecule has 1 aliphatic rings. The summed E-state index contributed by atoms with van der Waals surface area (Å²) in [7, 11) is 0. The van der Waals surface area contributed by atoms with Crippen molar-refractivity contribution in [2.75, 3.05) is 19.6 Å². The number of carbonyl (C=O) groups is 1. The lowest BCUT2D eigenvalue weighted by Gasteiger charge is -2.32. The quantitative estimate of drug-likeness (QED) is 0.906. The van der Waals surface area contributed by atoms with Crippen LogP contribution in [0.5, 0.6) is 0 Å². The molecule has 1 N–H and O–H groups in total. The molecule has 0 spiro atoms. The highest BCUT2D eigenvalue weighted by molar-refractivity contribution is 5.93. The van der Waals surface area contributed by atoms with Gasteiger partial charge in [0, 0.05) is 18.7 Å². The van der Waals surface area contributed by atoms with Crippen LogP contribution in [0.1, 0.15) is 37.0 Å². The number of piperidine rings is 1. The van der Waals surface area contributed by atoms with Crippen LogP contribution in [-0.2, 0) is 0 Å². The van der Waals surface area contributed by atoms with Gasteiger partial charge in [-0.05, 0) is 51.8 Å². The molecular weight excluding hydrogens is 256 g/mol. The highest BCUT2D eigenvalue weighted by Crippen LogP contribution is 2.17. The van der Waals surface area contributed by atoms with Crippen molar-refractivity contribution in [3.05, 3.63) is 34.4 Å². The fourth-order valence-corrected chi connectivity index (χ4v) is 2.52. The van der Waals surface area contributed by atoms with Crippen molar-refractivity contribution >= 4 is 5.91 Å². The van der Waals surface area contributed by atoms with Gasteiger partial charge in [-0.2, -0.15) is 0 Å². The first-order valence-corrected chi connectivity index (χ1v) is 7.18. The second-order valence-corrected chi connectivity index (χ2v) is 5.59. The van der Waals surface area contributed by atoms with E-state index in [-0.39, 0.29) is 11.9 Å². The van der Waals surface area contributed by atoms with Crippen LogP contribution in [0.25, 0.3) is 0 Å². The average molecular weight is 278 g/mol. The number of rotatable bonds is 4. The molecule has 110 valence electrons. The molecule has 1 amide bonds. The Bertz CT molecular complexity index is 484. The lowest BCUT2D eigenvalue weighted by molar-refractivity contribution is 0.0655. The molecule has 1 saturated heterocycles. The van der Waals surface area contributed by atoms with Gasteiger partial charge in [0.25, 0.3) is 5.91 Å². The first-order chi connectivity index (χ1) is 9.58. The van der Waals surface area contributed by atoms with Crippen LogP contribution in [-0.4, -0.2) is 36.5 Å². The van der Waals surface area contributed by atoms with E-state index < -0.39 is 5.63 Å². The minimum atomic E-state index is -0.434. The number of carbonyl (C=O) groups excluding carboxylic acids is 1. The number of hydrogen-bond donors (Lipinski definition) is 1. The van der Waals surface area contributed by atoms with Crippen molar-refractivity contribution in [1.29, 1.82) is 0 Å². The number of hydrogen-bond acceptors (Lipinski definition) is 4. The molecule has 0 bridgehead atoms. The first kappa shape index (κ1) is 14.8. The maximum absolute atomic E-state index is 12.5. The van der Waals surface area contributed by atoms with E-state index in [1.165, 1.54) is 18.4 Å². The molecule has 20 heavy (non-hydrogen) atoms. The minimum Gasteiger partial charge on any atom is -0.430 e. The summed E-state index contributed by atoms with van der Waals surface area (Å²) >= 11 is 0. The van der Waals surface area contributed by atoms with Gasteiger partial charge in [0.1, 0.15) is 6.26 Å². The zero-order valence-electron chi connectivity index (χ0n) is 12.1. The fourth-order valence-electron chi connectivity index (χ4n) is 2.52. The lowest BCUT2D eigenvalue weighted by atomic mass is 9.96. The van der Waals surface area contributed by atoms with Gasteiger partial charge < -0.3 is 14.6 Å².